The van der Waals surface area contributed by atoms with Gasteiger partial charge in [0, 0.05) is 5.69 Å². The first kappa shape index (κ1) is 16.3. The summed E-state index contributed by atoms with van der Waals surface area (Å²) >= 11 is 1.15. The number of aromatic carboxylic acids is 1. The predicted octanol–water partition coefficient (Wildman–Crippen LogP) is 4.18. The quantitative estimate of drug-likeness (QED) is 0.800. The van der Waals surface area contributed by atoms with Crippen LogP contribution in [0.1, 0.15) is 36.1 Å². The first-order chi connectivity index (χ1) is 10.5. The van der Waals surface area contributed by atoms with Crippen molar-refractivity contribution in [3.8, 4) is 5.75 Å². The van der Waals surface area contributed by atoms with Crippen LogP contribution in [0.25, 0.3) is 0 Å². The third-order valence-electron chi connectivity index (χ3n) is 2.92. The lowest BCUT2D eigenvalue weighted by atomic mass is 10.2. The number of rotatable bonds is 7. The van der Waals surface area contributed by atoms with Gasteiger partial charge in [-0.05, 0) is 36.6 Å². The molecular weight excluding hydrogens is 300 g/mol. The van der Waals surface area contributed by atoms with Gasteiger partial charge in [-0.15, -0.1) is 0 Å². The molecule has 0 fully saturated rings. The molecular formula is C16H20N2O3S. The van der Waals surface area contributed by atoms with Crippen molar-refractivity contribution >= 4 is 28.1 Å². The van der Waals surface area contributed by atoms with E-state index in [1.807, 2.05) is 31.2 Å². The molecule has 22 heavy (non-hydrogen) atoms. The summed E-state index contributed by atoms with van der Waals surface area (Å²) < 4.78 is 5.63. The number of benzene rings is 1. The van der Waals surface area contributed by atoms with Crippen LogP contribution in [0.5, 0.6) is 5.75 Å². The number of aryl methyl sites for hydroxylation is 1. The Morgan fingerprint density at radius 3 is 2.55 bits per heavy atom. The van der Waals surface area contributed by atoms with Crippen molar-refractivity contribution in [2.24, 2.45) is 5.92 Å². The Kier molecular flexibility index (Phi) is 5.38. The van der Waals surface area contributed by atoms with Gasteiger partial charge in [0.05, 0.1) is 12.3 Å². The molecule has 0 spiro atoms. The Morgan fingerprint density at radius 1 is 1.36 bits per heavy atom. The fraction of sp³-hybridized carbons (Fsp3) is 0.375. The lowest BCUT2D eigenvalue weighted by molar-refractivity contribution is 0.0701. The second kappa shape index (κ2) is 7.26. The number of carboxylic acids is 1. The molecule has 0 saturated heterocycles. The summed E-state index contributed by atoms with van der Waals surface area (Å²) in [5.41, 5.74) is 1.46. The van der Waals surface area contributed by atoms with Gasteiger partial charge in [-0.1, -0.05) is 32.1 Å². The van der Waals surface area contributed by atoms with Gasteiger partial charge in [-0.2, -0.15) is 0 Å². The zero-order valence-electron chi connectivity index (χ0n) is 12.9. The number of nitrogens with one attached hydrogen (secondary N) is 1. The Morgan fingerprint density at radius 2 is 2.05 bits per heavy atom. The number of anilines is 2. The molecule has 0 atom stereocenters. The fourth-order valence-electron chi connectivity index (χ4n) is 1.83. The maximum absolute atomic E-state index is 11.1. The van der Waals surface area contributed by atoms with E-state index in [9.17, 15) is 4.79 Å². The van der Waals surface area contributed by atoms with Crippen LogP contribution >= 0.6 is 11.3 Å². The predicted molar refractivity (Wildman–Crippen MR) is 88.5 cm³/mol. The van der Waals surface area contributed by atoms with Gasteiger partial charge in [0.2, 0.25) is 0 Å². The number of carboxylic acid groups (broad SMARTS) is 1. The second-order valence-electron chi connectivity index (χ2n) is 5.31. The van der Waals surface area contributed by atoms with Crippen molar-refractivity contribution < 1.29 is 14.6 Å². The van der Waals surface area contributed by atoms with Gasteiger partial charge >= 0.3 is 5.97 Å². The number of nitrogens with zero attached hydrogens (tertiary/aromatic N) is 1. The number of hydrogen-bond donors (Lipinski definition) is 2. The molecule has 0 bridgehead atoms. The first-order valence-electron chi connectivity index (χ1n) is 7.22. The maximum atomic E-state index is 11.1. The molecule has 1 aromatic carbocycles. The van der Waals surface area contributed by atoms with Gasteiger partial charge < -0.3 is 15.2 Å². The van der Waals surface area contributed by atoms with Crippen LogP contribution in [-0.2, 0) is 6.42 Å². The topological polar surface area (TPSA) is 71.5 Å². The van der Waals surface area contributed by atoms with Crippen LogP contribution in [0.3, 0.4) is 0 Å². The lowest BCUT2D eigenvalue weighted by Crippen LogP contribution is -2.04. The van der Waals surface area contributed by atoms with Crippen molar-refractivity contribution in [3.63, 3.8) is 0 Å². The number of aromatic nitrogens is 1. The maximum Gasteiger partial charge on any atom is 0.347 e. The van der Waals surface area contributed by atoms with Crippen molar-refractivity contribution in [1.82, 2.24) is 4.98 Å². The number of ether oxygens (including phenoxy) is 1. The molecule has 0 saturated carbocycles. The molecule has 2 aromatic rings. The van der Waals surface area contributed by atoms with Crippen molar-refractivity contribution in [3.05, 3.63) is 34.8 Å². The van der Waals surface area contributed by atoms with Crippen molar-refractivity contribution in [1.29, 1.82) is 0 Å². The largest absolute Gasteiger partial charge is 0.493 e. The van der Waals surface area contributed by atoms with E-state index in [1.165, 1.54) is 0 Å². The van der Waals surface area contributed by atoms with E-state index in [2.05, 4.69) is 24.1 Å². The Bertz CT molecular complexity index is 635. The van der Waals surface area contributed by atoms with E-state index in [-0.39, 0.29) is 0 Å². The Hall–Kier alpha value is -2.08. The minimum absolute atomic E-state index is 0.293. The summed E-state index contributed by atoms with van der Waals surface area (Å²) in [6, 6.07) is 7.56. The Balaban J connectivity index is 2.06. The third kappa shape index (κ3) is 4.21. The number of thiazole rings is 1. The molecule has 0 unspecified atom stereocenters. The summed E-state index contributed by atoms with van der Waals surface area (Å²) in [6.45, 7) is 6.78. The Labute approximate surface area is 134 Å². The van der Waals surface area contributed by atoms with E-state index in [4.69, 9.17) is 9.84 Å². The van der Waals surface area contributed by atoms with Crippen LogP contribution < -0.4 is 10.1 Å². The SMILES string of the molecule is CCc1nc(Nc2ccc(OCC(C)C)cc2)sc1C(=O)O. The first-order valence-corrected chi connectivity index (χ1v) is 8.04. The van der Waals surface area contributed by atoms with Crippen LogP contribution in [0.4, 0.5) is 10.8 Å². The molecule has 6 heteroatoms. The van der Waals surface area contributed by atoms with E-state index < -0.39 is 5.97 Å². The van der Waals surface area contributed by atoms with Gasteiger partial charge in [0.25, 0.3) is 0 Å². The molecule has 0 aliphatic rings. The molecule has 0 aliphatic carbocycles. The average molecular weight is 320 g/mol. The van der Waals surface area contributed by atoms with E-state index >= 15 is 0 Å². The lowest BCUT2D eigenvalue weighted by Gasteiger charge is -2.09. The van der Waals surface area contributed by atoms with Gasteiger partial charge in [-0.25, -0.2) is 9.78 Å². The highest BCUT2D eigenvalue weighted by molar-refractivity contribution is 7.17. The molecule has 1 heterocycles. The zero-order valence-corrected chi connectivity index (χ0v) is 13.7. The summed E-state index contributed by atoms with van der Waals surface area (Å²) in [5, 5.41) is 12.9. The van der Waals surface area contributed by atoms with E-state index in [0.717, 1.165) is 22.8 Å². The molecule has 2 rings (SSSR count). The molecule has 118 valence electrons. The van der Waals surface area contributed by atoms with Crippen LogP contribution in [0.15, 0.2) is 24.3 Å². The van der Waals surface area contributed by atoms with Crippen molar-refractivity contribution in [2.45, 2.75) is 27.2 Å². The van der Waals surface area contributed by atoms with E-state index in [1.54, 1.807) is 0 Å². The summed E-state index contributed by atoms with van der Waals surface area (Å²) in [6.07, 6.45) is 0.599. The van der Waals surface area contributed by atoms with Crippen LogP contribution in [0.2, 0.25) is 0 Å². The molecule has 5 nitrogen and oxygen atoms in total. The normalized spacial score (nSPS) is 10.7. The molecule has 1 aromatic heterocycles. The smallest absolute Gasteiger partial charge is 0.347 e. The summed E-state index contributed by atoms with van der Waals surface area (Å²) in [4.78, 5) is 15.8. The van der Waals surface area contributed by atoms with Gasteiger partial charge in [-0.3, -0.25) is 0 Å². The average Bonchev–Trinajstić information content (AvgIpc) is 2.89. The molecule has 2 N–H and O–H groups in total. The third-order valence-corrected chi connectivity index (χ3v) is 3.92. The second-order valence-corrected chi connectivity index (χ2v) is 6.31. The van der Waals surface area contributed by atoms with Crippen LogP contribution in [0, 0.1) is 5.92 Å². The monoisotopic (exact) mass is 320 g/mol. The standard InChI is InChI=1S/C16H20N2O3S/c1-4-13-14(15(19)20)22-16(18-13)17-11-5-7-12(8-6-11)21-9-10(2)3/h5-8,10H,4,9H2,1-3H3,(H,17,18)(H,19,20). The zero-order chi connectivity index (χ0) is 16.1. The highest BCUT2D eigenvalue weighted by Gasteiger charge is 2.15. The number of carbonyl (C=O) groups is 1. The minimum atomic E-state index is -0.931. The summed E-state index contributed by atoms with van der Waals surface area (Å²) in [5.74, 6) is 0.369. The molecule has 0 radical (unpaired) electrons. The minimum Gasteiger partial charge on any atom is -0.493 e. The highest BCUT2D eigenvalue weighted by atomic mass is 32.1. The highest BCUT2D eigenvalue weighted by Crippen LogP contribution is 2.27. The van der Waals surface area contributed by atoms with Crippen LogP contribution in [-0.4, -0.2) is 22.7 Å². The van der Waals surface area contributed by atoms with Gasteiger partial charge in [0.15, 0.2) is 5.13 Å². The number of hydrogen-bond acceptors (Lipinski definition) is 5. The molecule has 0 amide bonds. The van der Waals surface area contributed by atoms with E-state index in [0.29, 0.717) is 34.6 Å². The van der Waals surface area contributed by atoms with Gasteiger partial charge in [0.1, 0.15) is 10.6 Å². The summed E-state index contributed by atoms with van der Waals surface area (Å²) in [7, 11) is 0. The molecule has 0 aliphatic heterocycles. The van der Waals surface area contributed by atoms with Crippen molar-refractivity contribution in [2.75, 3.05) is 11.9 Å². The fourth-order valence-corrected chi connectivity index (χ4v) is 2.75.